The smallest absolute Gasteiger partial charge is 0.239 e. The first-order chi connectivity index (χ1) is 10.7. The molecule has 23 heavy (non-hydrogen) atoms. The van der Waals surface area contributed by atoms with Gasteiger partial charge in [0.2, 0.25) is 5.91 Å². The molecule has 0 radical (unpaired) electrons. The highest BCUT2D eigenvalue weighted by Crippen LogP contribution is 2.31. The van der Waals surface area contributed by atoms with E-state index in [0.717, 1.165) is 24.3 Å². The van der Waals surface area contributed by atoms with Gasteiger partial charge in [-0.1, -0.05) is 32.4 Å². The molecule has 1 aliphatic rings. The summed E-state index contributed by atoms with van der Waals surface area (Å²) in [4.78, 5) is 14.3. The molecule has 1 heterocycles. The number of ether oxygens (including phenoxy) is 2. The van der Waals surface area contributed by atoms with Crippen molar-refractivity contribution in [1.29, 1.82) is 0 Å². The number of rotatable bonds is 7. The Morgan fingerprint density at radius 3 is 2.65 bits per heavy atom. The molecular formula is C17H27ClN2O3. The first-order valence-corrected chi connectivity index (χ1v) is 8.08. The summed E-state index contributed by atoms with van der Waals surface area (Å²) in [5, 5.41) is 0. The van der Waals surface area contributed by atoms with Gasteiger partial charge in [0.15, 0.2) is 17.6 Å². The van der Waals surface area contributed by atoms with E-state index in [1.807, 2.05) is 36.1 Å². The maximum absolute atomic E-state index is 12.4. The number of amides is 1. The van der Waals surface area contributed by atoms with Crippen LogP contribution in [0.5, 0.6) is 11.5 Å². The number of fused-ring (bicyclic) bond motifs is 1. The molecule has 1 aliphatic heterocycles. The van der Waals surface area contributed by atoms with Crippen LogP contribution in [-0.4, -0.2) is 42.6 Å². The normalized spacial score (nSPS) is 17.1. The Labute approximate surface area is 144 Å². The number of carbonyl (C=O) groups excluding carboxylic acids is 1. The lowest BCUT2D eigenvalue weighted by Crippen LogP contribution is -2.49. The Bertz CT molecular complexity index is 498. The van der Waals surface area contributed by atoms with Crippen LogP contribution in [0.25, 0.3) is 0 Å². The zero-order valence-corrected chi connectivity index (χ0v) is 14.7. The van der Waals surface area contributed by atoms with E-state index in [0.29, 0.717) is 26.1 Å². The van der Waals surface area contributed by atoms with Gasteiger partial charge in [0, 0.05) is 6.54 Å². The van der Waals surface area contributed by atoms with Crippen LogP contribution in [0.4, 0.5) is 0 Å². The number of para-hydroxylation sites is 2. The van der Waals surface area contributed by atoms with Gasteiger partial charge in [-0.15, -0.1) is 12.4 Å². The predicted molar refractivity (Wildman–Crippen MR) is 93.4 cm³/mol. The lowest BCUT2D eigenvalue weighted by molar-refractivity contribution is -0.134. The van der Waals surface area contributed by atoms with Gasteiger partial charge >= 0.3 is 0 Å². The van der Waals surface area contributed by atoms with Crippen molar-refractivity contribution >= 4 is 18.3 Å². The molecule has 130 valence electrons. The molecule has 2 atom stereocenters. The molecule has 0 saturated heterocycles. The second kappa shape index (κ2) is 9.63. The lowest BCUT2D eigenvalue weighted by atomic mass is 10.1. The van der Waals surface area contributed by atoms with Crippen molar-refractivity contribution in [2.24, 2.45) is 5.73 Å². The van der Waals surface area contributed by atoms with E-state index >= 15 is 0 Å². The summed E-state index contributed by atoms with van der Waals surface area (Å²) in [6, 6.07) is 7.18. The zero-order chi connectivity index (χ0) is 15.9. The van der Waals surface area contributed by atoms with Gasteiger partial charge in [-0.3, -0.25) is 4.79 Å². The van der Waals surface area contributed by atoms with Crippen molar-refractivity contribution in [3.8, 4) is 11.5 Å². The topological polar surface area (TPSA) is 64.8 Å². The summed E-state index contributed by atoms with van der Waals surface area (Å²) in [5.74, 6) is 1.50. The Balaban J connectivity index is 0.00000264. The monoisotopic (exact) mass is 342 g/mol. The standard InChI is InChI=1S/C17H26N2O3.ClH/c1-3-7-14(18)17(20)19(10-4-2)11-13-12-21-15-8-5-6-9-16(15)22-13;/h5-6,8-9,13-14H,3-4,7,10-12,18H2,1-2H3;1H. The average molecular weight is 343 g/mol. The van der Waals surface area contributed by atoms with Gasteiger partial charge in [-0.05, 0) is 25.0 Å². The van der Waals surface area contributed by atoms with Crippen molar-refractivity contribution in [3.63, 3.8) is 0 Å². The molecule has 5 nitrogen and oxygen atoms in total. The molecule has 1 aromatic rings. The van der Waals surface area contributed by atoms with E-state index in [1.165, 1.54) is 0 Å². The van der Waals surface area contributed by atoms with E-state index in [9.17, 15) is 4.79 Å². The highest BCUT2D eigenvalue weighted by atomic mass is 35.5. The van der Waals surface area contributed by atoms with Crippen molar-refractivity contribution in [3.05, 3.63) is 24.3 Å². The number of carbonyl (C=O) groups is 1. The highest BCUT2D eigenvalue weighted by molar-refractivity contribution is 5.85. The molecule has 0 fully saturated rings. The fourth-order valence-corrected chi connectivity index (χ4v) is 2.63. The summed E-state index contributed by atoms with van der Waals surface area (Å²) < 4.78 is 11.6. The van der Waals surface area contributed by atoms with Gasteiger partial charge in [0.25, 0.3) is 0 Å². The minimum Gasteiger partial charge on any atom is -0.486 e. The number of benzene rings is 1. The molecule has 2 N–H and O–H groups in total. The molecular weight excluding hydrogens is 316 g/mol. The molecule has 0 saturated carbocycles. The quantitative estimate of drug-likeness (QED) is 0.827. The molecule has 1 amide bonds. The number of halogens is 1. The van der Waals surface area contributed by atoms with Crippen LogP contribution in [0.1, 0.15) is 33.1 Å². The highest BCUT2D eigenvalue weighted by Gasteiger charge is 2.27. The largest absolute Gasteiger partial charge is 0.486 e. The van der Waals surface area contributed by atoms with E-state index < -0.39 is 6.04 Å². The van der Waals surface area contributed by atoms with Crippen molar-refractivity contribution in [2.45, 2.75) is 45.3 Å². The Morgan fingerprint density at radius 2 is 2.00 bits per heavy atom. The maximum atomic E-state index is 12.4. The second-order valence-electron chi connectivity index (χ2n) is 5.68. The summed E-state index contributed by atoms with van der Waals surface area (Å²) in [5.41, 5.74) is 5.98. The summed E-state index contributed by atoms with van der Waals surface area (Å²) in [6.45, 7) is 5.75. The molecule has 2 rings (SSSR count). The minimum atomic E-state index is -0.423. The van der Waals surface area contributed by atoms with Crippen LogP contribution in [0.15, 0.2) is 24.3 Å². The molecule has 0 aromatic heterocycles. The number of nitrogens with zero attached hydrogens (tertiary/aromatic N) is 1. The van der Waals surface area contributed by atoms with E-state index in [4.69, 9.17) is 15.2 Å². The number of hydrogen-bond acceptors (Lipinski definition) is 4. The van der Waals surface area contributed by atoms with Crippen molar-refractivity contribution < 1.29 is 14.3 Å². The molecule has 0 spiro atoms. The van der Waals surface area contributed by atoms with Crippen LogP contribution in [0.2, 0.25) is 0 Å². The Kier molecular flexibility index (Phi) is 8.20. The molecule has 0 aliphatic carbocycles. The fraction of sp³-hybridized carbons (Fsp3) is 0.588. The SMILES string of the molecule is CCCC(N)C(=O)N(CCC)CC1COc2ccccc2O1.Cl. The van der Waals surface area contributed by atoms with E-state index in [2.05, 4.69) is 6.92 Å². The summed E-state index contributed by atoms with van der Waals surface area (Å²) in [6.07, 6.45) is 2.36. The summed E-state index contributed by atoms with van der Waals surface area (Å²) in [7, 11) is 0. The van der Waals surface area contributed by atoms with Crippen molar-refractivity contribution in [1.82, 2.24) is 4.90 Å². The van der Waals surface area contributed by atoms with Crippen LogP contribution < -0.4 is 15.2 Å². The van der Waals surface area contributed by atoms with Gasteiger partial charge in [0.1, 0.15) is 6.61 Å². The lowest BCUT2D eigenvalue weighted by Gasteiger charge is -2.32. The third kappa shape index (κ3) is 5.29. The maximum Gasteiger partial charge on any atom is 0.239 e. The average Bonchev–Trinajstić information content (AvgIpc) is 2.54. The first kappa shape index (κ1) is 19.6. The third-order valence-electron chi connectivity index (χ3n) is 3.71. The fourth-order valence-electron chi connectivity index (χ4n) is 2.63. The minimum absolute atomic E-state index is 0. The Hall–Kier alpha value is -1.46. The molecule has 2 unspecified atom stereocenters. The predicted octanol–water partition coefficient (Wildman–Crippen LogP) is 2.61. The van der Waals surface area contributed by atoms with Gasteiger partial charge in [-0.2, -0.15) is 0 Å². The number of nitrogens with two attached hydrogens (primary N) is 1. The van der Waals surface area contributed by atoms with Crippen molar-refractivity contribution in [2.75, 3.05) is 19.7 Å². The van der Waals surface area contributed by atoms with Crippen LogP contribution >= 0.6 is 12.4 Å². The molecule has 6 heteroatoms. The van der Waals surface area contributed by atoms with Gasteiger partial charge in [-0.25, -0.2) is 0 Å². The zero-order valence-electron chi connectivity index (χ0n) is 13.9. The van der Waals surface area contributed by atoms with Gasteiger partial charge in [0.05, 0.1) is 12.6 Å². The van der Waals surface area contributed by atoms with Crippen LogP contribution in [-0.2, 0) is 4.79 Å². The van der Waals surface area contributed by atoms with Crippen LogP contribution in [0.3, 0.4) is 0 Å². The summed E-state index contributed by atoms with van der Waals surface area (Å²) >= 11 is 0. The Morgan fingerprint density at radius 1 is 1.30 bits per heavy atom. The molecule has 1 aromatic carbocycles. The molecule has 0 bridgehead atoms. The third-order valence-corrected chi connectivity index (χ3v) is 3.71. The van der Waals surface area contributed by atoms with Crippen LogP contribution in [0, 0.1) is 0 Å². The van der Waals surface area contributed by atoms with Gasteiger partial charge < -0.3 is 20.1 Å². The number of hydrogen-bond donors (Lipinski definition) is 1. The van der Waals surface area contributed by atoms with E-state index in [1.54, 1.807) is 0 Å². The first-order valence-electron chi connectivity index (χ1n) is 8.08. The second-order valence-corrected chi connectivity index (χ2v) is 5.68. The van der Waals surface area contributed by atoms with E-state index in [-0.39, 0.29) is 24.4 Å².